The van der Waals surface area contributed by atoms with Crippen LogP contribution < -0.4 is 5.32 Å². The van der Waals surface area contributed by atoms with E-state index >= 15 is 0 Å². The van der Waals surface area contributed by atoms with Gasteiger partial charge in [0, 0.05) is 6.92 Å². The summed E-state index contributed by atoms with van der Waals surface area (Å²) in [5.74, 6) is -0.659. The van der Waals surface area contributed by atoms with E-state index in [1.165, 1.54) is 0 Å². The highest BCUT2D eigenvalue weighted by molar-refractivity contribution is 7.80. The Hall–Kier alpha value is -1.02. The maximum Gasteiger partial charge on any atom is 0.397 e. The van der Waals surface area contributed by atoms with Crippen LogP contribution in [-0.2, 0) is 33.6 Å². The molecule has 2 heterocycles. The van der Waals surface area contributed by atoms with Crippen LogP contribution >= 0.6 is 0 Å². The van der Waals surface area contributed by atoms with Crippen LogP contribution in [-0.4, -0.2) is 124 Å². The van der Waals surface area contributed by atoms with Gasteiger partial charge < -0.3 is 50.2 Å². The largest absolute Gasteiger partial charge is 0.397 e. The minimum atomic E-state index is -5.14. The topological polar surface area (TPSA) is 242 Å². The molecule has 0 aliphatic carbocycles. The molecule has 2 rings (SSSR count). The predicted molar refractivity (Wildman–Crippen MR) is 90.6 cm³/mol. The van der Waals surface area contributed by atoms with Crippen molar-refractivity contribution < 1.29 is 66.8 Å². The second kappa shape index (κ2) is 10.1. The second-order valence-corrected chi connectivity index (χ2v) is 7.81. The van der Waals surface area contributed by atoms with Gasteiger partial charge in [-0.1, -0.05) is 0 Å². The number of carbonyl (C=O) groups excluding carboxylic acids is 1. The SMILES string of the molecule is CC(=O)N[C@H]1[C@H](O[C@H]2[C@H](O)[C@@H](OS(=O)(=O)O)[C@H](O)O[C@H]2CO)O[C@H](CO)[C@@H](O)[C@@H]1O. The van der Waals surface area contributed by atoms with E-state index in [1.807, 2.05) is 0 Å². The van der Waals surface area contributed by atoms with E-state index < -0.39 is 90.9 Å². The Morgan fingerprint density at radius 1 is 0.967 bits per heavy atom. The lowest BCUT2D eigenvalue weighted by Gasteiger charge is -2.46. The number of carbonyl (C=O) groups is 1. The van der Waals surface area contributed by atoms with Gasteiger partial charge in [0.05, 0.1) is 13.2 Å². The van der Waals surface area contributed by atoms with E-state index in [1.54, 1.807) is 0 Å². The van der Waals surface area contributed by atoms with Crippen molar-refractivity contribution in [3.63, 3.8) is 0 Å². The molecule has 0 unspecified atom stereocenters. The van der Waals surface area contributed by atoms with Gasteiger partial charge in [0.15, 0.2) is 18.7 Å². The summed E-state index contributed by atoms with van der Waals surface area (Å²) in [7, 11) is -5.14. The van der Waals surface area contributed by atoms with Gasteiger partial charge in [-0.2, -0.15) is 8.42 Å². The Balaban J connectivity index is 2.29. The summed E-state index contributed by atoms with van der Waals surface area (Å²) in [4.78, 5) is 11.5. The van der Waals surface area contributed by atoms with Gasteiger partial charge >= 0.3 is 10.4 Å². The standard InChI is InChI=1S/C14H25NO14S/c1-4(18)15-7-9(20)8(19)5(2-16)27-14(7)28-11-6(3-17)26-13(22)12(10(11)21)29-30(23,24)25/h5-14,16-17,19-22H,2-3H2,1H3,(H,15,18)(H,23,24,25)/t5-,6+,7-,8-,9-,10+,11-,12-,13-,14+/m1/s1. The van der Waals surface area contributed by atoms with Crippen LogP contribution in [0.4, 0.5) is 0 Å². The first-order valence-electron chi connectivity index (χ1n) is 8.72. The van der Waals surface area contributed by atoms with Gasteiger partial charge in [0.2, 0.25) is 5.91 Å². The summed E-state index contributed by atoms with van der Waals surface area (Å²) in [6.07, 6.45) is -15.6. The summed E-state index contributed by atoms with van der Waals surface area (Å²) in [6, 6.07) is -1.42. The minimum Gasteiger partial charge on any atom is -0.394 e. The zero-order chi connectivity index (χ0) is 22.8. The quantitative estimate of drug-likeness (QED) is 0.164. The highest BCUT2D eigenvalue weighted by Crippen LogP contribution is 2.30. The van der Waals surface area contributed by atoms with E-state index in [0.717, 1.165) is 6.92 Å². The van der Waals surface area contributed by atoms with Gasteiger partial charge in [0.25, 0.3) is 0 Å². The molecule has 16 heteroatoms. The number of rotatable bonds is 7. The maximum atomic E-state index is 11.5. The molecule has 0 aromatic rings. The minimum absolute atomic E-state index is 0.659. The summed E-state index contributed by atoms with van der Waals surface area (Å²) >= 11 is 0. The van der Waals surface area contributed by atoms with Crippen molar-refractivity contribution in [3.8, 4) is 0 Å². The van der Waals surface area contributed by atoms with Gasteiger partial charge in [-0.25, -0.2) is 4.18 Å². The summed E-state index contributed by atoms with van der Waals surface area (Å²) in [5.41, 5.74) is 0. The van der Waals surface area contributed by atoms with Gasteiger partial charge in [0.1, 0.15) is 42.7 Å². The number of ether oxygens (including phenoxy) is 3. The zero-order valence-corrected chi connectivity index (χ0v) is 16.4. The van der Waals surface area contributed by atoms with Crippen molar-refractivity contribution in [1.29, 1.82) is 0 Å². The summed E-state index contributed by atoms with van der Waals surface area (Å²) < 4.78 is 50.7. The van der Waals surface area contributed by atoms with E-state index in [2.05, 4.69) is 9.50 Å². The zero-order valence-electron chi connectivity index (χ0n) is 15.6. The Labute approximate surface area is 170 Å². The molecule has 0 aromatic carbocycles. The third-order valence-corrected chi connectivity index (χ3v) is 5.06. The number of amides is 1. The first-order chi connectivity index (χ1) is 13.9. The van der Waals surface area contributed by atoms with E-state index in [-0.39, 0.29) is 0 Å². The van der Waals surface area contributed by atoms with Gasteiger partial charge in [-0.05, 0) is 0 Å². The molecule has 10 atom stereocenters. The Bertz CT molecular complexity index is 690. The molecule has 0 bridgehead atoms. The highest BCUT2D eigenvalue weighted by Gasteiger charge is 2.52. The lowest BCUT2D eigenvalue weighted by atomic mass is 9.95. The Morgan fingerprint density at radius 2 is 1.57 bits per heavy atom. The third kappa shape index (κ3) is 5.81. The van der Waals surface area contributed by atoms with Crippen LogP contribution in [0.3, 0.4) is 0 Å². The normalized spacial score (nSPS) is 42.7. The molecule has 0 saturated carbocycles. The first-order valence-corrected chi connectivity index (χ1v) is 10.1. The molecule has 2 saturated heterocycles. The van der Waals surface area contributed by atoms with Crippen LogP contribution in [0.15, 0.2) is 0 Å². The highest BCUT2D eigenvalue weighted by atomic mass is 32.3. The van der Waals surface area contributed by atoms with Crippen molar-refractivity contribution in [2.24, 2.45) is 0 Å². The number of hydrogen-bond donors (Lipinski definition) is 8. The van der Waals surface area contributed by atoms with Gasteiger partial charge in [-0.3, -0.25) is 9.35 Å². The molecule has 2 aliphatic rings. The number of aliphatic hydroxyl groups is 6. The number of nitrogens with one attached hydrogen (secondary N) is 1. The van der Waals surface area contributed by atoms with Crippen molar-refractivity contribution in [3.05, 3.63) is 0 Å². The Morgan fingerprint density at radius 3 is 2.07 bits per heavy atom. The average molecular weight is 463 g/mol. The molecule has 15 nitrogen and oxygen atoms in total. The predicted octanol–water partition coefficient (Wildman–Crippen LogP) is -5.43. The molecule has 176 valence electrons. The molecule has 0 radical (unpaired) electrons. The van der Waals surface area contributed by atoms with Gasteiger partial charge in [-0.15, -0.1) is 0 Å². The first kappa shape index (κ1) is 25.2. The molecular formula is C14H25NO14S. The molecule has 2 aliphatic heterocycles. The maximum absolute atomic E-state index is 11.5. The Kier molecular flexibility index (Phi) is 8.47. The summed E-state index contributed by atoms with van der Waals surface area (Å²) in [6.45, 7) is -0.509. The van der Waals surface area contributed by atoms with Crippen molar-refractivity contribution >= 4 is 16.3 Å². The molecular weight excluding hydrogens is 438 g/mol. The van der Waals surface area contributed by atoms with Crippen LogP contribution in [0.25, 0.3) is 0 Å². The fraction of sp³-hybridized carbons (Fsp3) is 0.929. The molecule has 8 N–H and O–H groups in total. The third-order valence-electron chi connectivity index (χ3n) is 4.59. The monoisotopic (exact) mass is 463 g/mol. The fourth-order valence-electron chi connectivity index (χ4n) is 3.21. The number of hydrogen-bond acceptors (Lipinski definition) is 13. The molecule has 2 fully saturated rings. The van der Waals surface area contributed by atoms with Crippen molar-refractivity contribution in [1.82, 2.24) is 5.32 Å². The fourth-order valence-corrected chi connectivity index (χ4v) is 3.70. The molecule has 0 aromatic heterocycles. The molecule has 0 spiro atoms. The second-order valence-electron chi connectivity index (χ2n) is 6.76. The van der Waals surface area contributed by atoms with Crippen LogP contribution in [0.5, 0.6) is 0 Å². The van der Waals surface area contributed by atoms with E-state index in [4.69, 9.17) is 18.8 Å². The van der Waals surface area contributed by atoms with Crippen LogP contribution in [0, 0.1) is 0 Å². The molecule has 1 amide bonds. The van der Waals surface area contributed by atoms with Crippen LogP contribution in [0.1, 0.15) is 6.92 Å². The number of aliphatic hydroxyl groups excluding tert-OH is 6. The van der Waals surface area contributed by atoms with E-state index in [9.17, 15) is 43.9 Å². The van der Waals surface area contributed by atoms with E-state index in [0.29, 0.717) is 0 Å². The lowest BCUT2D eigenvalue weighted by Crippen LogP contribution is -2.67. The lowest BCUT2D eigenvalue weighted by molar-refractivity contribution is -0.338. The smallest absolute Gasteiger partial charge is 0.394 e. The van der Waals surface area contributed by atoms with Crippen LogP contribution in [0.2, 0.25) is 0 Å². The van der Waals surface area contributed by atoms with Crippen molar-refractivity contribution in [2.45, 2.75) is 68.3 Å². The molecule has 30 heavy (non-hydrogen) atoms. The summed E-state index contributed by atoms with van der Waals surface area (Å²) in [5, 5.41) is 61.6. The van der Waals surface area contributed by atoms with Crippen molar-refractivity contribution in [2.75, 3.05) is 13.2 Å². The average Bonchev–Trinajstić information content (AvgIpc) is 2.65.